The van der Waals surface area contributed by atoms with Crippen LogP contribution in [0.5, 0.6) is 0 Å². The molecule has 0 spiro atoms. The molecule has 0 bridgehead atoms. The maximum absolute atomic E-state index is 3.71. The number of aromatic amines is 1. The molecule has 3 aromatic carbocycles. The molecule has 0 saturated heterocycles. The fourth-order valence-corrected chi connectivity index (χ4v) is 4.87. The first-order valence-corrected chi connectivity index (χ1v) is 9.32. The fraction of sp³-hybridized carbons (Fsp3) is 0.100. The van der Waals surface area contributed by atoms with E-state index >= 15 is 0 Å². The van der Waals surface area contributed by atoms with Crippen molar-refractivity contribution in [3.63, 3.8) is 0 Å². The van der Waals surface area contributed by atoms with E-state index in [4.69, 9.17) is 0 Å². The highest BCUT2D eigenvalue weighted by atomic mass is 79.9. The summed E-state index contributed by atoms with van der Waals surface area (Å²) in [5.74, 6) is 0. The molecule has 23 heavy (non-hydrogen) atoms. The average Bonchev–Trinajstić information content (AvgIpc) is 2.95. The number of benzene rings is 3. The molecule has 0 aliphatic heterocycles. The zero-order valence-electron chi connectivity index (χ0n) is 12.3. The molecule has 112 valence electrons. The Bertz CT molecular complexity index is 1090. The van der Waals surface area contributed by atoms with E-state index in [0.717, 1.165) is 17.3 Å². The molecule has 0 unspecified atom stereocenters. The predicted octanol–water partition coefficient (Wildman–Crippen LogP) is 6.61. The quantitative estimate of drug-likeness (QED) is 0.325. The van der Waals surface area contributed by atoms with E-state index in [1.165, 1.54) is 48.5 Å². The first-order chi connectivity index (χ1) is 11.2. The van der Waals surface area contributed by atoms with Gasteiger partial charge in [-0.2, -0.15) is 0 Å². The number of hydrogen-bond acceptors (Lipinski definition) is 0. The molecule has 0 radical (unpaired) electrons. The van der Waals surface area contributed by atoms with Gasteiger partial charge in [-0.15, -0.1) is 0 Å². The van der Waals surface area contributed by atoms with Crippen LogP contribution in [0.25, 0.3) is 32.9 Å². The Kier molecular flexibility index (Phi) is 2.98. The lowest BCUT2D eigenvalue weighted by Gasteiger charge is -2.21. The summed E-state index contributed by atoms with van der Waals surface area (Å²) in [5, 5.41) is 2.61. The van der Waals surface area contributed by atoms with Gasteiger partial charge in [-0.1, -0.05) is 52.3 Å². The molecule has 1 N–H and O–H groups in total. The van der Waals surface area contributed by atoms with E-state index in [2.05, 4.69) is 85.4 Å². The predicted molar refractivity (Wildman–Crippen MR) is 104 cm³/mol. The van der Waals surface area contributed by atoms with Crippen molar-refractivity contribution in [2.24, 2.45) is 0 Å². The van der Waals surface area contributed by atoms with Gasteiger partial charge >= 0.3 is 0 Å². The molecule has 1 aliphatic carbocycles. The number of rotatable bonds is 0. The normalized spacial score (nSPS) is 13.3. The largest absolute Gasteiger partial charge is 0.353 e. The topological polar surface area (TPSA) is 15.8 Å². The second-order valence-corrected chi connectivity index (χ2v) is 7.78. The SMILES string of the molecule is Brc1cccc2c1CCc1c-2ccc2c1[nH]c1c(Br)cccc12. The number of aromatic nitrogens is 1. The molecule has 0 atom stereocenters. The minimum Gasteiger partial charge on any atom is -0.353 e. The summed E-state index contributed by atoms with van der Waals surface area (Å²) in [6.07, 6.45) is 2.16. The number of nitrogens with one attached hydrogen (secondary N) is 1. The van der Waals surface area contributed by atoms with Crippen molar-refractivity contribution < 1.29 is 0 Å². The van der Waals surface area contributed by atoms with Gasteiger partial charge in [0.25, 0.3) is 0 Å². The number of halogens is 2. The molecule has 1 heterocycles. The van der Waals surface area contributed by atoms with Crippen molar-refractivity contribution in [1.29, 1.82) is 0 Å². The van der Waals surface area contributed by atoms with Crippen molar-refractivity contribution in [1.82, 2.24) is 4.98 Å². The lowest BCUT2D eigenvalue weighted by atomic mass is 9.84. The van der Waals surface area contributed by atoms with Crippen LogP contribution in [0.3, 0.4) is 0 Å². The highest BCUT2D eigenvalue weighted by Gasteiger charge is 2.21. The van der Waals surface area contributed by atoms with E-state index in [1.54, 1.807) is 0 Å². The maximum Gasteiger partial charge on any atom is 0.0609 e. The molecular formula is C20H13Br2N. The van der Waals surface area contributed by atoms with Crippen molar-refractivity contribution in [2.75, 3.05) is 0 Å². The van der Waals surface area contributed by atoms with E-state index in [0.29, 0.717) is 0 Å². The molecule has 0 saturated carbocycles. The number of H-pyrrole nitrogens is 1. The first-order valence-electron chi connectivity index (χ1n) is 7.73. The maximum atomic E-state index is 3.71. The summed E-state index contributed by atoms with van der Waals surface area (Å²) in [5.41, 5.74) is 8.07. The molecule has 0 amide bonds. The molecule has 1 nitrogen and oxygen atoms in total. The second-order valence-electron chi connectivity index (χ2n) is 6.07. The van der Waals surface area contributed by atoms with Crippen LogP contribution in [0.2, 0.25) is 0 Å². The third-order valence-corrected chi connectivity index (χ3v) is 6.30. The fourth-order valence-electron chi connectivity index (χ4n) is 3.84. The summed E-state index contributed by atoms with van der Waals surface area (Å²) >= 11 is 7.38. The number of hydrogen-bond donors (Lipinski definition) is 1. The minimum absolute atomic E-state index is 1.08. The zero-order valence-corrected chi connectivity index (χ0v) is 15.5. The molecule has 1 aromatic heterocycles. The van der Waals surface area contributed by atoms with Gasteiger partial charge < -0.3 is 4.98 Å². The summed E-state index contributed by atoms with van der Waals surface area (Å²) in [6.45, 7) is 0. The second kappa shape index (κ2) is 4.96. The van der Waals surface area contributed by atoms with Gasteiger partial charge in [0.15, 0.2) is 0 Å². The number of para-hydroxylation sites is 1. The van der Waals surface area contributed by atoms with Crippen LogP contribution in [-0.2, 0) is 12.8 Å². The van der Waals surface area contributed by atoms with Crippen LogP contribution in [0.1, 0.15) is 11.1 Å². The van der Waals surface area contributed by atoms with Gasteiger partial charge in [-0.3, -0.25) is 0 Å². The zero-order chi connectivity index (χ0) is 15.6. The van der Waals surface area contributed by atoms with Gasteiger partial charge in [-0.05, 0) is 63.2 Å². The van der Waals surface area contributed by atoms with E-state index < -0.39 is 0 Å². The minimum atomic E-state index is 1.08. The summed E-state index contributed by atoms with van der Waals surface area (Å²) in [4.78, 5) is 3.66. The molecule has 4 aromatic rings. The van der Waals surface area contributed by atoms with Gasteiger partial charge in [0.2, 0.25) is 0 Å². The monoisotopic (exact) mass is 425 g/mol. The lowest BCUT2D eigenvalue weighted by molar-refractivity contribution is 0.942. The van der Waals surface area contributed by atoms with Crippen LogP contribution >= 0.6 is 31.9 Å². The van der Waals surface area contributed by atoms with Crippen molar-refractivity contribution in [2.45, 2.75) is 12.8 Å². The number of fused-ring (bicyclic) bond motifs is 7. The third kappa shape index (κ3) is 1.90. The van der Waals surface area contributed by atoms with Gasteiger partial charge in [0.1, 0.15) is 0 Å². The molecule has 5 rings (SSSR count). The Morgan fingerprint density at radius 2 is 1.35 bits per heavy atom. The Morgan fingerprint density at radius 3 is 2.26 bits per heavy atom. The van der Waals surface area contributed by atoms with Gasteiger partial charge in [0.05, 0.1) is 11.0 Å². The smallest absolute Gasteiger partial charge is 0.0609 e. The number of aryl methyl sites for hydroxylation is 1. The van der Waals surface area contributed by atoms with Crippen LogP contribution in [0.4, 0.5) is 0 Å². The first kappa shape index (κ1) is 13.8. The Balaban J connectivity index is 1.90. The highest BCUT2D eigenvalue weighted by molar-refractivity contribution is 9.11. The van der Waals surface area contributed by atoms with Crippen LogP contribution < -0.4 is 0 Å². The summed E-state index contributed by atoms with van der Waals surface area (Å²) in [6, 6.07) is 17.4. The summed E-state index contributed by atoms with van der Waals surface area (Å²) in [7, 11) is 0. The van der Waals surface area contributed by atoms with Crippen LogP contribution in [-0.4, -0.2) is 4.98 Å². The van der Waals surface area contributed by atoms with Crippen LogP contribution in [0.15, 0.2) is 57.5 Å². The van der Waals surface area contributed by atoms with Gasteiger partial charge in [-0.25, -0.2) is 0 Å². The highest BCUT2D eigenvalue weighted by Crippen LogP contribution is 2.42. The molecule has 1 aliphatic rings. The van der Waals surface area contributed by atoms with Crippen molar-refractivity contribution >= 4 is 53.7 Å². The van der Waals surface area contributed by atoms with E-state index in [9.17, 15) is 0 Å². The molecule has 3 heteroatoms. The Morgan fingerprint density at radius 1 is 0.652 bits per heavy atom. The van der Waals surface area contributed by atoms with E-state index in [-0.39, 0.29) is 0 Å². The molecular weight excluding hydrogens is 414 g/mol. The average molecular weight is 427 g/mol. The molecule has 0 fully saturated rings. The Labute approximate surface area is 151 Å². The van der Waals surface area contributed by atoms with Crippen molar-refractivity contribution in [3.05, 3.63) is 68.6 Å². The van der Waals surface area contributed by atoms with Crippen molar-refractivity contribution in [3.8, 4) is 11.1 Å². The van der Waals surface area contributed by atoms with Crippen LogP contribution in [0, 0.1) is 0 Å². The standard InChI is InChI=1S/C20H13Br2N/c21-17-5-1-3-11-12-7-9-16-14-4-2-6-18(22)20(14)23-19(16)15(12)10-8-13(11)17/h1-7,9,23H,8,10H2. The van der Waals surface area contributed by atoms with E-state index in [1.807, 2.05) is 0 Å². The van der Waals surface area contributed by atoms with Gasteiger partial charge in [0, 0.05) is 19.7 Å². The Hall–Kier alpha value is -1.58. The lowest BCUT2D eigenvalue weighted by Crippen LogP contribution is -2.05. The summed E-state index contributed by atoms with van der Waals surface area (Å²) < 4.78 is 2.35. The third-order valence-electron chi connectivity index (χ3n) is 4.90.